The number of carbonyl (C=O) groups is 1. The van der Waals surface area contributed by atoms with Crippen LogP contribution in [0.25, 0.3) is 0 Å². The van der Waals surface area contributed by atoms with E-state index in [4.69, 9.17) is 14.7 Å². The van der Waals surface area contributed by atoms with Crippen molar-refractivity contribution in [2.75, 3.05) is 6.54 Å². The lowest BCUT2D eigenvalue weighted by atomic mass is 10.0. The van der Waals surface area contributed by atoms with Crippen molar-refractivity contribution in [2.24, 2.45) is 0 Å². The number of halogens is 1. The summed E-state index contributed by atoms with van der Waals surface area (Å²) in [5.74, 6) is 0.240. The van der Waals surface area contributed by atoms with Crippen molar-refractivity contribution in [3.05, 3.63) is 88.5 Å². The van der Waals surface area contributed by atoms with Crippen LogP contribution in [0.1, 0.15) is 65.2 Å². The van der Waals surface area contributed by atoms with Gasteiger partial charge in [-0.3, -0.25) is 0 Å². The first-order valence-electron chi connectivity index (χ1n) is 12.2. The van der Waals surface area contributed by atoms with Gasteiger partial charge in [0.1, 0.15) is 22.9 Å². The molecular weight excluding hydrogens is 455 g/mol. The number of aryl methyl sites for hydroxylation is 1. The van der Waals surface area contributed by atoms with Crippen LogP contribution in [0.2, 0.25) is 0 Å². The van der Waals surface area contributed by atoms with Crippen molar-refractivity contribution < 1.29 is 18.7 Å². The molecule has 36 heavy (non-hydrogen) atoms. The Morgan fingerprint density at radius 3 is 2.28 bits per heavy atom. The summed E-state index contributed by atoms with van der Waals surface area (Å²) in [7, 11) is 0. The number of carbonyl (C=O) groups excluding carboxylic acids is 1. The first kappa shape index (κ1) is 30.4. The Balaban J connectivity index is 0.00000316. The highest BCUT2D eigenvalue weighted by Crippen LogP contribution is 2.23. The van der Waals surface area contributed by atoms with Gasteiger partial charge in [-0.2, -0.15) is 5.26 Å². The van der Waals surface area contributed by atoms with E-state index < -0.39 is 11.4 Å². The standard InChI is InChI=1S/C28H33FN2O3.C2H6/c1-20-16-25(33-26(17-22(3)29)21(2)18-30)13-12-24(20)14-15-31(27(32)34-28(4,5)6)19-23-10-8-7-9-11-23;1-2/h7-13,16-17H,14-15,19H2,1-6H3;1-2H3/b22-17+,26-21-;. The van der Waals surface area contributed by atoms with Gasteiger partial charge < -0.3 is 14.4 Å². The summed E-state index contributed by atoms with van der Waals surface area (Å²) in [6.07, 6.45) is 1.47. The molecule has 194 valence electrons. The normalized spacial score (nSPS) is 11.9. The quantitative estimate of drug-likeness (QED) is 0.212. The highest BCUT2D eigenvalue weighted by Gasteiger charge is 2.22. The van der Waals surface area contributed by atoms with Gasteiger partial charge in [0.05, 0.1) is 11.6 Å². The van der Waals surface area contributed by atoms with Crippen LogP contribution in [0.15, 0.2) is 71.8 Å². The van der Waals surface area contributed by atoms with Crippen molar-refractivity contribution in [3.8, 4) is 11.8 Å². The van der Waals surface area contributed by atoms with Crippen LogP contribution in [0.3, 0.4) is 0 Å². The van der Waals surface area contributed by atoms with Crippen LogP contribution in [0, 0.1) is 18.3 Å². The molecule has 0 aliphatic carbocycles. The fourth-order valence-electron chi connectivity index (χ4n) is 3.21. The molecule has 6 heteroatoms. The zero-order valence-corrected chi connectivity index (χ0v) is 22.8. The topological polar surface area (TPSA) is 62.6 Å². The maximum absolute atomic E-state index is 13.4. The summed E-state index contributed by atoms with van der Waals surface area (Å²) in [6, 6.07) is 17.3. The molecule has 2 rings (SSSR count). The SMILES string of the molecule is C/C(C#N)=C(\C=C(/C)F)Oc1ccc(CCN(Cc2ccccc2)C(=O)OC(C)(C)C)c(C)c1.CC. The van der Waals surface area contributed by atoms with Crippen molar-refractivity contribution in [1.82, 2.24) is 4.90 Å². The molecule has 0 saturated carbocycles. The van der Waals surface area contributed by atoms with Crippen molar-refractivity contribution in [3.63, 3.8) is 0 Å². The minimum absolute atomic E-state index is 0.175. The molecular formula is C30H39FN2O3. The number of nitriles is 1. The van der Waals surface area contributed by atoms with Gasteiger partial charge in [0.15, 0.2) is 0 Å². The van der Waals surface area contributed by atoms with Crippen LogP contribution in [0.4, 0.5) is 9.18 Å². The average Bonchev–Trinajstić information content (AvgIpc) is 2.82. The van der Waals surface area contributed by atoms with Gasteiger partial charge in [0.25, 0.3) is 0 Å². The Labute approximate surface area is 215 Å². The molecule has 5 nitrogen and oxygen atoms in total. The fraction of sp³-hybridized carbons (Fsp3) is 0.400. The maximum atomic E-state index is 13.4. The smallest absolute Gasteiger partial charge is 0.410 e. The number of nitrogens with zero attached hydrogens (tertiary/aromatic N) is 2. The summed E-state index contributed by atoms with van der Waals surface area (Å²) in [4.78, 5) is 14.5. The van der Waals surface area contributed by atoms with E-state index in [1.54, 1.807) is 17.9 Å². The first-order chi connectivity index (χ1) is 17.0. The van der Waals surface area contributed by atoms with Gasteiger partial charge in [-0.05, 0) is 76.8 Å². The zero-order valence-electron chi connectivity index (χ0n) is 22.8. The molecule has 2 aromatic carbocycles. The molecule has 0 N–H and O–H groups in total. The number of amides is 1. The van der Waals surface area contributed by atoms with Crippen LogP contribution in [-0.4, -0.2) is 23.1 Å². The van der Waals surface area contributed by atoms with E-state index in [-0.39, 0.29) is 17.4 Å². The molecule has 0 unspecified atom stereocenters. The van der Waals surface area contributed by atoms with Crippen molar-refractivity contribution in [2.45, 2.75) is 74.0 Å². The zero-order chi connectivity index (χ0) is 27.3. The Morgan fingerprint density at radius 2 is 1.75 bits per heavy atom. The largest absolute Gasteiger partial charge is 0.456 e. The third-order valence-corrected chi connectivity index (χ3v) is 4.93. The lowest BCUT2D eigenvalue weighted by Gasteiger charge is -2.28. The summed E-state index contributed by atoms with van der Waals surface area (Å²) in [5, 5.41) is 9.16. The lowest BCUT2D eigenvalue weighted by molar-refractivity contribution is 0.0235. The van der Waals surface area contributed by atoms with E-state index in [0.29, 0.717) is 25.3 Å². The highest BCUT2D eigenvalue weighted by atomic mass is 19.1. The first-order valence-corrected chi connectivity index (χ1v) is 12.2. The van der Waals surface area contributed by atoms with Crippen LogP contribution >= 0.6 is 0 Å². The molecule has 0 heterocycles. The number of hydrogen-bond acceptors (Lipinski definition) is 4. The Morgan fingerprint density at radius 1 is 1.11 bits per heavy atom. The predicted octanol–water partition coefficient (Wildman–Crippen LogP) is 8.05. The summed E-state index contributed by atoms with van der Waals surface area (Å²) in [5.41, 5.74) is 2.75. The Hall–Kier alpha value is -3.59. The second kappa shape index (κ2) is 14.7. The van der Waals surface area contributed by atoms with E-state index in [1.165, 1.54) is 13.0 Å². The molecule has 0 aromatic heterocycles. The third-order valence-electron chi connectivity index (χ3n) is 4.93. The molecule has 0 bridgehead atoms. The number of hydrogen-bond donors (Lipinski definition) is 0. The number of rotatable bonds is 8. The summed E-state index contributed by atoms with van der Waals surface area (Å²) >= 11 is 0. The molecule has 0 spiro atoms. The third kappa shape index (κ3) is 10.8. The minimum Gasteiger partial charge on any atom is -0.456 e. The van der Waals surface area contributed by atoms with Crippen molar-refractivity contribution >= 4 is 6.09 Å². The highest BCUT2D eigenvalue weighted by molar-refractivity contribution is 5.68. The number of benzene rings is 2. The summed E-state index contributed by atoms with van der Waals surface area (Å²) < 4.78 is 24.8. The molecule has 0 radical (unpaired) electrons. The Bertz CT molecular complexity index is 1090. The van der Waals surface area contributed by atoms with Gasteiger partial charge in [-0.25, -0.2) is 9.18 Å². The van der Waals surface area contributed by atoms with E-state index in [9.17, 15) is 9.18 Å². The molecule has 0 fully saturated rings. The van der Waals surface area contributed by atoms with Gasteiger partial charge in [0.2, 0.25) is 0 Å². The maximum Gasteiger partial charge on any atom is 0.410 e. The number of ether oxygens (including phenoxy) is 2. The Kier molecular flexibility index (Phi) is 12.5. The lowest BCUT2D eigenvalue weighted by Crippen LogP contribution is -2.37. The minimum atomic E-state index is -0.583. The molecule has 0 saturated heterocycles. The second-order valence-corrected chi connectivity index (χ2v) is 9.16. The van der Waals surface area contributed by atoms with Crippen LogP contribution in [0.5, 0.6) is 5.75 Å². The second-order valence-electron chi connectivity index (χ2n) is 9.16. The molecule has 2 aromatic rings. The van der Waals surface area contributed by atoms with E-state index in [0.717, 1.165) is 16.7 Å². The van der Waals surface area contributed by atoms with Gasteiger partial charge in [-0.15, -0.1) is 0 Å². The molecule has 0 aliphatic heterocycles. The van der Waals surface area contributed by atoms with Gasteiger partial charge in [-0.1, -0.05) is 50.2 Å². The fourth-order valence-corrected chi connectivity index (χ4v) is 3.21. The van der Waals surface area contributed by atoms with E-state index in [2.05, 4.69) is 0 Å². The average molecular weight is 495 g/mol. The van der Waals surface area contributed by atoms with E-state index >= 15 is 0 Å². The molecule has 0 atom stereocenters. The molecule has 1 amide bonds. The monoisotopic (exact) mass is 494 g/mol. The van der Waals surface area contributed by atoms with Crippen molar-refractivity contribution in [1.29, 1.82) is 5.26 Å². The molecule has 0 aliphatic rings. The summed E-state index contributed by atoms with van der Waals surface area (Å²) in [6.45, 7) is 15.3. The van der Waals surface area contributed by atoms with Crippen LogP contribution < -0.4 is 4.74 Å². The van der Waals surface area contributed by atoms with Gasteiger partial charge >= 0.3 is 6.09 Å². The predicted molar refractivity (Wildman–Crippen MR) is 143 cm³/mol. The van der Waals surface area contributed by atoms with Gasteiger partial charge in [0, 0.05) is 19.2 Å². The van der Waals surface area contributed by atoms with Crippen LogP contribution in [-0.2, 0) is 17.7 Å². The number of allylic oxidation sites excluding steroid dienone is 3. The van der Waals surface area contributed by atoms with E-state index in [1.807, 2.05) is 90.1 Å².